The van der Waals surface area contributed by atoms with E-state index in [9.17, 15) is 5.11 Å². The molecule has 1 aliphatic rings. The molecule has 0 unspecified atom stereocenters. The first kappa shape index (κ1) is 17.5. The maximum atomic E-state index is 9.76. The van der Waals surface area contributed by atoms with Gasteiger partial charge in [0.05, 0.1) is 11.6 Å². The third-order valence-corrected chi connectivity index (χ3v) is 5.08. The summed E-state index contributed by atoms with van der Waals surface area (Å²) in [7, 11) is 1.94. The molecule has 1 saturated heterocycles. The van der Waals surface area contributed by atoms with Gasteiger partial charge in [0.1, 0.15) is 5.75 Å². The predicted molar refractivity (Wildman–Crippen MR) is 109 cm³/mol. The van der Waals surface area contributed by atoms with Crippen molar-refractivity contribution in [2.24, 2.45) is 0 Å². The number of nitrogens with one attached hydrogen (secondary N) is 2. The molecule has 5 heteroatoms. The van der Waals surface area contributed by atoms with E-state index in [1.807, 2.05) is 25.2 Å². The average molecular weight is 356 g/mol. The van der Waals surface area contributed by atoms with Crippen LogP contribution in [0.4, 0.5) is 11.4 Å². The molecule has 0 bridgehead atoms. The minimum atomic E-state index is 0.276. The van der Waals surface area contributed by atoms with Gasteiger partial charge in [0.15, 0.2) is 0 Å². The maximum Gasteiger partial charge on any atom is 0.138 e. The normalized spacial score (nSPS) is 14.6. The zero-order valence-corrected chi connectivity index (χ0v) is 15.4. The van der Waals surface area contributed by atoms with Crippen LogP contribution in [0, 0.1) is 0 Å². The Labute approximate surface area is 153 Å². The highest BCUT2D eigenvalue weighted by Crippen LogP contribution is 2.25. The van der Waals surface area contributed by atoms with Gasteiger partial charge in [0.2, 0.25) is 0 Å². The van der Waals surface area contributed by atoms with Crippen LogP contribution in [0.1, 0.15) is 18.4 Å². The van der Waals surface area contributed by atoms with Crippen molar-refractivity contribution in [3.8, 4) is 5.75 Å². The first-order chi connectivity index (χ1) is 12.3. The average Bonchev–Trinajstić information content (AvgIpc) is 3.18. The van der Waals surface area contributed by atoms with Crippen molar-refractivity contribution in [1.82, 2.24) is 5.32 Å². The minimum Gasteiger partial charge on any atom is -0.506 e. The molecule has 0 aromatic heterocycles. The fourth-order valence-electron chi connectivity index (χ4n) is 2.97. The monoisotopic (exact) mass is 355 g/mol. The summed E-state index contributed by atoms with van der Waals surface area (Å²) in [4.78, 5) is 2.44. The van der Waals surface area contributed by atoms with Crippen LogP contribution in [0.15, 0.2) is 53.9 Å². The Morgan fingerprint density at radius 2 is 1.84 bits per heavy atom. The number of thioether (sulfide) groups is 1. The SMILES string of the molecule is CN/C(=C\SCNc1ccccc1O)c1ccc(N2CCCC2)cc1. The summed E-state index contributed by atoms with van der Waals surface area (Å²) in [6.07, 6.45) is 2.59. The molecule has 0 atom stereocenters. The lowest BCUT2D eigenvalue weighted by atomic mass is 10.1. The fourth-order valence-corrected chi connectivity index (χ4v) is 3.71. The molecule has 3 N–H and O–H groups in total. The lowest BCUT2D eigenvalue weighted by molar-refractivity contribution is 0.477. The molecule has 4 nitrogen and oxygen atoms in total. The Hall–Kier alpha value is -2.27. The van der Waals surface area contributed by atoms with Gasteiger partial charge >= 0.3 is 0 Å². The van der Waals surface area contributed by atoms with Gasteiger partial charge in [-0.1, -0.05) is 24.3 Å². The topological polar surface area (TPSA) is 47.5 Å². The number of nitrogens with zero attached hydrogens (tertiary/aromatic N) is 1. The number of anilines is 2. The molecule has 0 saturated carbocycles. The summed E-state index contributed by atoms with van der Waals surface area (Å²) in [5, 5.41) is 18.4. The van der Waals surface area contributed by atoms with E-state index in [0.29, 0.717) is 5.88 Å². The molecule has 25 heavy (non-hydrogen) atoms. The lowest BCUT2D eigenvalue weighted by Gasteiger charge is -2.18. The van der Waals surface area contributed by atoms with E-state index in [1.165, 1.54) is 37.2 Å². The summed E-state index contributed by atoms with van der Waals surface area (Å²) in [6, 6.07) is 16.0. The van der Waals surface area contributed by atoms with E-state index in [1.54, 1.807) is 17.8 Å². The van der Waals surface area contributed by atoms with Crippen molar-refractivity contribution in [2.45, 2.75) is 12.8 Å². The highest BCUT2D eigenvalue weighted by Gasteiger charge is 2.12. The molecule has 2 aromatic rings. The number of rotatable bonds is 7. The van der Waals surface area contributed by atoms with Crippen LogP contribution in [0.2, 0.25) is 0 Å². The Morgan fingerprint density at radius 3 is 2.52 bits per heavy atom. The number of para-hydroxylation sites is 2. The van der Waals surface area contributed by atoms with Gasteiger partial charge in [0, 0.05) is 31.5 Å². The highest BCUT2D eigenvalue weighted by atomic mass is 32.2. The Bertz CT molecular complexity index is 709. The van der Waals surface area contributed by atoms with Crippen molar-refractivity contribution in [3.63, 3.8) is 0 Å². The second-order valence-electron chi connectivity index (χ2n) is 6.03. The number of phenolic OH excluding ortho intramolecular Hbond substituents is 1. The smallest absolute Gasteiger partial charge is 0.138 e. The van der Waals surface area contributed by atoms with E-state index >= 15 is 0 Å². The first-order valence-electron chi connectivity index (χ1n) is 8.64. The number of benzene rings is 2. The number of hydrogen-bond donors (Lipinski definition) is 3. The van der Waals surface area contributed by atoms with Crippen molar-refractivity contribution in [1.29, 1.82) is 0 Å². The van der Waals surface area contributed by atoms with Gasteiger partial charge in [-0.3, -0.25) is 0 Å². The third-order valence-electron chi connectivity index (χ3n) is 4.37. The Morgan fingerprint density at radius 1 is 1.12 bits per heavy atom. The highest BCUT2D eigenvalue weighted by molar-refractivity contribution is 8.02. The van der Waals surface area contributed by atoms with Gasteiger partial charge in [-0.15, -0.1) is 11.8 Å². The van der Waals surface area contributed by atoms with E-state index < -0.39 is 0 Å². The number of aromatic hydroxyl groups is 1. The van der Waals surface area contributed by atoms with Crippen LogP contribution in [0.5, 0.6) is 5.75 Å². The van der Waals surface area contributed by atoms with Gasteiger partial charge in [0.25, 0.3) is 0 Å². The molecule has 1 aliphatic heterocycles. The molecule has 0 aliphatic carbocycles. The van der Waals surface area contributed by atoms with Crippen LogP contribution in [0.3, 0.4) is 0 Å². The van der Waals surface area contributed by atoms with Crippen LogP contribution in [-0.2, 0) is 0 Å². The summed E-state index contributed by atoms with van der Waals surface area (Å²) >= 11 is 1.66. The molecule has 1 fully saturated rings. The van der Waals surface area contributed by atoms with Crippen molar-refractivity contribution in [2.75, 3.05) is 36.2 Å². The van der Waals surface area contributed by atoms with Crippen molar-refractivity contribution >= 4 is 28.8 Å². The summed E-state index contributed by atoms with van der Waals surface area (Å²) in [6.45, 7) is 2.34. The minimum absolute atomic E-state index is 0.276. The van der Waals surface area contributed by atoms with Gasteiger partial charge in [-0.2, -0.15) is 0 Å². The van der Waals surface area contributed by atoms with Crippen LogP contribution >= 0.6 is 11.8 Å². The Kier molecular flexibility index (Phi) is 6.12. The van der Waals surface area contributed by atoms with Gasteiger partial charge < -0.3 is 20.6 Å². The van der Waals surface area contributed by atoms with E-state index in [4.69, 9.17) is 0 Å². The van der Waals surface area contributed by atoms with Crippen molar-refractivity contribution < 1.29 is 5.11 Å². The molecule has 0 amide bonds. The molecular formula is C20H25N3OS. The standard InChI is InChI=1S/C20H25N3OS/c1-21-19(14-25-15-22-18-6-2-3-7-20(18)24)16-8-10-17(11-9-16)23-12-4-5-13-23/h2-3,6-11,14,21-22,24H,4-5,12-13,15H2,1H3/b19-14-. The largest absolute Gasteiger partial charge is 0.506 e. The second kappa shape index (κ2) is 8.72. The zero-order chi connectivity index (χ0) is 17.5. The van der Waals surface area contributed by atoms with E-state index in [-0.39, 0.29) is 5.75 Å². The summed E-state index contributed by atoms with van der Waals surface area (Å²) in [5.74, 6) is 0.965. The quantitative estimate of drug-likeness (QED) is 0.392. The van der Waals surface area contributed by atoms with Gasteiger partial charge in [-0.25, -0.2) is 0 Å². The molecule has 2 aromatic carbocycles. The van der Waals surface area contributed by atoms with Crippen LogP contribution in [0.25, 0.3) is 5.70 Å². The lowest BCUT2D eigenvalue weighted by Crippen LogP contribution is -2.17. The molecule has 0 spiro atoms. The number of hydrogen-bond acceptors (Lipinski definition) is 5. The summed E-state index contributed by atoms with van der Waals surface area (Å²) < 4.78 is 0. The Balaban J connectivity index is 1.57. The second-order valence-corrected chi connectivity index (χ2v) is 6.89. The molecular weight excluding hydrogens is 330 g/mol. The number of phenols is 1. The zero-order valence-electron chi connectivity index (χ0n) is 14.5. The first-order valence-corrected chi connectivity index (χ1v) is 9.69. The molecule has 1 heterocycles. The third kappa shape index (κ3) is 4.63. The van der Waals surface area contributed by atoms with E-state index in [2.05, 4.69) is 45.2 Å². The van der Waals surface area contributed by atoms with E-state index in [0.717, 1.165) is 11.4 Å². The molecule has 0 radical (unpaired) electrons. The molecule has 132 valence electrons. The van der Waals surface area contributed by atoms with Gasteiger partial charge in [-0.05, 0) is 48.1 Å². The fraction of sp³-hybridized carbons (Fsp3) is 0.300. The predicted octanol–water partition coefficient (Wildman–Crippen LogP) is 4.31. The molecule has 3 rings (SSSR count). The summed E-state index contributed by atoms with van der Waals surface area (Å²) in [5.41, 5.74) is 4.34. The van der Waals surface area contributed by atoms with Crippen LogP contribution in [-0.4, -0.2) is 31.1 Å². The van der Waals surface area contributed by atoms with Crippen LogP contribution < -0.4 is 15.5 Å². The van der Waals surface area contributed by atoms with Crippen molar-refractivity contribution in [3.05, 3.63) is 59.5 Å². The maximum absolute atomic E-state index is 9.76.